The Kier molecular flexibility index (Phi) is 4.92. The van der Waals surface area contributed by atoms with Gasteiger partial charge in [-0.1, -0.05) is 26.0 Å². The van der Waals surface area contributed by atoms with Gasteiger partial charge in [0.2, 0.25) is 0 Å². The maximum atomic E-state index is 12.5. The van der Waals surface area contributed by atoms with Crippen molar-refractivity contribution in [3.05, 3.63) is 53.1 Å². The summed E-state index contributed by atoms with van der Waals surface area (Å²) in [6.07, 6.45) is 1.58. The Morgan fingerprint density at radius 2 is 1.87 bits per heavy atom. The lowest BCUT2D eigenvalue weighted by molar-refractivity contribution is 0.473. The number of hydrogen-bond donors (Lipinski definition) is 2. The van der Waals surface area contributed by atoms with Crippen molar-refractivity contribution in [2.45, 2.75) is 31.6 Å². The van der Waals surface area contributed by atoms with Gasteiger partial charge in [-0.05, 0) is 48.2 Å². The molecule has 0 aliphatic heterocycles. The standard InChI is InChI=1S/C17H18N2O3S/c1-3-12-5-7-16(13(4-2)9-12)19-23(21,22)15-6-8-17(20)14(10-15)11-18/h5-10,19-20H,3-4H2,1-2H3. The molecule has 23 heavy (non-hydrogen) atoms. The molecule has 5 nitrogen and oxygen atoms in total. The number of nitrogens with one attached hydrogen (secondary N) is 1. The van der Waals surface area contributed by atoms with Crippen molar-refractivity contribution in [3.63, 3.8) is 0 Å². The molecule has 6 heteroatoms. The van der Waals surface area contributed by atoms with E-state index in [0.717, 1.165) is 23.6 Å². The largest absolute Gasteiger partial charge is 0.507 e. The molecule has 0 radical (unpaired) electrons. The van der Waals surface area contributed by atoms with Crippen LogP contribution in [0.3, 0.4) is 0 Å². The van der Waals surface area contributed by atoms with Crippen molar-refractivity contribution in [1.29, 1.82) is 5.26 Å². The predicted octanol–water partition coefficient (Wildman–Crippen LogP) is 3.19. The van der Waals surface area contributed by atoms with E-state index in [1.165, 1.54) is 12.1 Å². The molecule has 2 N–H and O–H groups in total. The normalized spacial score (nSPS) is 11.0. The second-order valence-electron chi connectivity index (χ2n) is 5.09. The number of phenolic OH excluding ortho intramolecular Hbond substituents is 1. The number of benzene rings is 2. The van der Waals surface area contributed by atoms with Crippen molar-refractivity contribution in [2.75, 3.05) is 4.72 Å². The fourth-order valence-electron chi connectivity index (χ4n) is 2.23. The van der Waals surface area contributed by atoms with Crippen molar-refractivity contribution in [3.8, 4) is 11.8 Å². The second kappa shape index (κ2) is 6.71. The SMILES string of the molecule is CCc1ccc(NS(=O)(=O)c2ccc(O)c(C#N)c2)c(CC)c1. The molecule has 0 saturated carbocycles. The second-order valence-corrected chi connectivity index (χ2v) is 6.78. The molecule has 0 unspecified atom stereocenters. The first-order valence-electron chi connectivity index (χ1n) is 7.29. The van der Waals surface area contributed by atoms with Crippen LogP contribution in [0.25, 0.3) is 0 Å². The van der Waals surface area contributed by atoms with E-state index in [2.05, 4.69) is 4.72 Å². The molecule has 0 saturated heterocycles. The molecule has 0 aromatic heterocycles. The van der Waals surface area contributed by atoms with Gasteiger partial charge in [0.05, 0.1) is 16.1 Å². The molecular formula is C17H18N2O3S. The Morgan fingerprint density at radius 1 is 1.13 bits per heavy atom. The number of nitrogens with zero attached hydrogens (tertiary/aromatic N) is 1. The lowest BCUT2D eigenvalue weighted by Crippen LogP contribution is -2.14. The van der Waals surface area contributed by atoms with Crippen LogP contribution in [0.15, 0.2) is 41.3 Å². The zero-order valence-corrected chi connectivity index (χ0v) is 13.8. The van der Waals surface area contributed by atoms with Crippen LogP contribution in [0.1, 0.15) is 30.5 Å². The highest BCUT2D eigenvalue weighted by Crippen LogP contribution is 2.25. The number of aryl methyl sites for hydroxylation is 2. The van der Waals surface area contributed by atoms with Crippen molar-refractivity contribution >= 4 is 15.7 Å². The van der Waals surface area contributed by atoms with E-state index >= 15 is 0 Å². The summed E-state index contributed by atoms with van der Waals surface area (Å²) in [7, 11) is -3.83. The highest BCUT2D eigenvalue weighted by Gasteiger charge is 2.17. The first kappa shape index (κ1) is 16.8. The Bertz CT molecular complexity index is 868. The van der Waals surface area contributed by atoms with E-state index < -0.39 is 10.0 Å². The summed E-state index contributed by atoms with van der Waals surface area (Å²) in [5.41, 5.74) is 2.50. The molecule has 0 amide bonds. The Morgan fingerprint density at radius 3 is 2.48 bits per heavy atom. The van der Waals surface area contributed by atoms with Gasteiger partial charge in [0.25, 0.3) is 10.0 Å². The third kappa shape index (κ3) is 3.63. The molecule has 0 bridgehead atoms. The Balaban J connectivity index is 2.41. The van der Waals surface area contributed by atoms with Gasteiger partial charge < -0.3 is 5.11 Å². The van der Waals surface area contributed by atoms with Crippen molar-refractivity contribution in [2.24, 2.45) is 0 Å². The van der Waals surface area contributed by atoms with Gasteiger partial charge in [0.1, 0.15) is 11.8 Å². The average Bonchev–Trinajstić information content (AvgIpc) is 2.55. The number of anilines is 1. The first-order chi connectivity index (χ1) is 10.9. The lowest BCUT2D eigenvalue weighted by Gasteiger charge is -2.13. The minimum atomic E-state index is -3.83. The van der Waals surface area contributed by atoms with Crippen LogP contribution in [-0.2, 0) is 22.9 Å². The molecule has 2 aromatic rings. The van der Waals surface area contributed by atoms with Gasteiger partial charge in [-0.25, -0.2) is 8.42 Å². The van der Waals surface area contributed by atoms with E-state index in [-0.39, 0.29) is 16.2 Å². The number of nitriles is 1. The van der Waals surface area contributed by atoms with Crippen LogP contribution in [0.2, 0.25) is 0 Å². The van der Waals surface area contributed by atoms with Gasteiger partial charge in [0, 0.05) is 0 Å². The highest BCUT2D eigenvalue weighted by atomic mass is 32.2. The number of sulfonamides is 1. The summed E-state index contributed by atoms with van der Waals surface area (Å²) in [4.78, 5) is -0.0616. The predicted molar refractivity (Wildman–Crippen MR) is 88.8 cm³/mol. The Labute approximate surface area is 136 Å². The molecule has 0 aliphatic rings. The zero-order chi connectivity index (χ0) is 17.0. The van der Waals surface area contributed by atoms with Crippen LogP contribution in [-0.4, -0.2) is 13.5 Å². The number of rotatable bonds is 5. The first-order valence-corrected chi connectivity index (χ1v) is 8.77. The van der Waals surface area contributed by atoms with Crippen molar-refractivity contribution < 1.29 is 13.5 Å². The average molecular weight is 330 g/mol. The van der Waals surface area contributed by atoms with E-state index in [1.54, 1.807) is 12.1 Å². The van der Waals surface area contributed by atoms with Gasteiger partial charge in [-0.2, -0.15) is 5.26 Å². The van der Waals surface area contributed by atoms with Crippen LogP contribution < -0.4 is 4.72 Å². The smallest absolute Gasteiger partial charge is 0.261 e. The van der Waals surface area contributed by atoms with E-state index in [4.69, 9.17) is 5.26 Å². The highest BCUT2D eigenvalue weighted by molar-refractivity contribution is 7.92. The summed E-state index contributed by atoms with van der Waals surface area (Å²) in [5, 5.41) is 18.4. The van der Waals surface area contributed by atoms with Gasteiger partial charge >= 0.3 is 0 Å². The fraction of sp³-hybridized carbons (Fsp3) is 0.235. The third-order valence-electron chi connectivity index (χ3n) is 3.60. The molecule has 0 heterocycles. The van der Waals surface area contributed by atoms with E-state index in [1.807, 2.05) is 26.0 Å². The molecule has 0 spiro atoms. The van der Waals surface area contributed by atoms with Gasteiger partial charge in [0.15, 0.2) is 0 Å². The van der Waals surface area contributed by atoms with Gasteiger partial charge in [-0.15, -0.1) is 0 Å². The molecule has 0 fully saturated rings. The van der Waals surface area contributed by atoms with Crippen molar-refractivity contribution in [1.82, 2.24) is 0 Å². The Hall–Kier alpha value is -2.52. The topological polar surface area (TPSA) is 90.2 Å². The quantitative estimate of drug-likeness (QED) is 0.881. The summed E-state index contributed by atoms with van der Waals surface area (Å²) < 4.78 is 27.6. The number of phenols is 1. The third-order valence-corrected chi connectivity index (χ3v) is 4.97. The number of hydrogen-bond acceptors (Lipinski definition) is 4. The molecular weight excluding hydrogens is 312 g/mol. The monoisotopic (exact) mass is 330 g/mol. The van der Waals surface area contributed by atoms with E-state index in [0.29, 0.717) is 12.1 Å². The molecule has 2 rings (SSSR count). The summed E-state index contributed by atoms with van der Waals surface area (Å²) in [6.45, 7) is 4.00. The molecule has 0 atom stereocenters. The summed E-state index contributed by atoms with van der Waals surface area (Å²) in [5.74, 6) is -0.243. The van der Waals surface area contributed by atoms with Crippen LogP contribution >= 0.6 is 0 Å². The maximum absolute atomic E-state index is 12.5. The summed E-state index contributed by atoms with van der Waals surface area (Å²) >= 11 is 0. The van der Waals surface area contributed by atoms with E-state index in [9.17, 15) is 13.5 Å². The zero-order valence-electron chi connectivity index (χ0n) is 13.0. The minimum absolute atomic E-state index is 0.0616. The van der Waals surface area contributed by atoms with Crippen LogP contribution in [0, 0.1) is 11.3 Å². The minimum Gasteiger partial charge on any atom is -0.507 e. The molecule has 2 aromatic carbocycles. The van der Waals surface area contributed by atoms with Gasteiger partial charge in [-0.3, -0.25) is 4.72 Å². The maximum Gasteiger partial charge on any atom is 0.261 e. The van der Waals surface area contributed by atoms with Crippen LogP contribution in [0.5, 0.6) is 5.75 Å². The number of aromatic hydroxyl groups is 1. The fourth-order valence-corrected chi connectivity index (χ4v) is 3.36. The van der Waals surface area contributed by atoms with Crippen LogP contribution in [0.4, 0.5) is 5.69 Å². The summed E-state index contributed by atoms with van der Waals surface area (Å²) in [6, 6.07) is 11.0. The molecule has 120 valence electrons. The lowest BCUT2D eigenvalue weighted by atomic mass is 10.1. The molecule has 0 aliphatic carbocycles.